The molecule has 3 amide bonds. The third-order valence-corrected chi connectivity index (χ3v) is 7.11. The fourth-order valence-electron chi connectivity index (χ4n) is 4.77. The van der Waals surface area contributed by atoms with Gasteiger partial charge in [-0.3, -0.25) is 29.3 Å². The van der Waals surface area contributed by atoms with E-state index >= 15 is 0 Å². The van der Waals surface area contributed by atoms with E-state index in [0.29, 0.717) is 16.3 Å². The van der Waals surface area contributed by atoms with Crippen molar-refractivity contribution in [1.29, 1.82) is 0 Å². The number of carbonyl (C=O) groups excluding carboxylic acids is 4. The molecule has 11 heteroatoms. The van der Waals surface area contributed by atoms with Crippen molar-refractivity contribution in [2.75, 3.05) is 16.3 Å². The standard InChI is InChI=1S/C27H20ClN3O7/c1-14-11-17(38-27(35)16-12-23(32)29(13-16)21-7-4-6-19(28)15(21)2)9-10-20(14)30-25(33)18-5-3-8-22(31(36)37)24(18)26(30)34/h3-11,16H,12-13H2,1-2H3/t16-/m0/s1. The van der Waals surface area contributed by atoms with Gasteiger partial charge in [-0.25, -0.2) is 4.90 Å². The summed E-state index contributed by atoms with van der Waals surface area (Å²) in [5, 5.41) is 11.9. The summed E-state index contributed by atoms with van der Waals surface area (Å²) in [5.74, 6) is -2.82. The molecule has 0 spiro atoms. The number of esters is 1. The van der Waals surface area contributed by atoms with Gasteiger partial charge in [0.05, 0.1) is 22.1 Å². The summed E-state index contributed by atoms with van der Waals surface area (Å²) in [6.45, 7) is 3.56. The number of amides is 3. The van der Waals surface area contributed by atoms with Gasteiger partial charge >= 0.3 is 5.97 Å². The van der Waals surface area contributed by atoms with Gasteiger partial charge in [-0.15, -0.1) is 0 Å². The Morgan fingerprint density at radius 1 is 1.03 bits per heavy atom. The number of carbonyl (C=O) groups is 4. The third-order valence-electron chi connectivity index (χ3n) is 6.71. The lowest BCUT2D eigenvalue weighted by Gasteiger charge is -2.20. The van der Waals surface area contributed by atoms with Gasteiger partial charge < -0.3 is 9.64 Å². The summed E-state index contributed by atoms with van der Waals surface area (Å²) >= 11 is 6.18. The maximum Gasteiger partial charge on any atom is 0.316 e. The number of nitro groups is 1. The van der Waals surface area contributed by atoms with Crippen LogP contribution in [-0.2, 0) is 9.59 Å². The molecule has 10 nitrogen and oxygen atoms in total. The highest BCUT2D eigenvalue weighted by Gasteiger charge is 2.42. The highest BCUT2D eigenvalue weighted by molar-refractivity contribution is 6.36. The van der Waals surface area contributed by atoms with Crippen molar-refractivity contribution in [2.24, 2.45) is 5.92 Å². The Labute approximate surface area is 221 Å². The van der Waals surface area contributed by atoms with E-state index in [9.17, 15) is 29.3 Å². The smallest absolute Gasteiger partial charge is 0.316 e. The van der Waals surface area contributed by atoms with Crippen LogP contribution in [0.5, 0.6) is 5.75 Å². The Morgan fingerprint density at radius 3 is 2.47 bits per heavy atom. The van der Waals surface area contributed by atoms with Gasteiger partial charge in [-0.2, -0.15) is 0 Å². The van der Waals surface area contributed by atoms with Crippen LogP contribution in [0.2, 0.25) is 5.02 Å². The molecule has 5 rings (SSSR count). The van der Waals surface area contributed by atoms with E-state index in [-0.39, 0.29) is 41.4 Å². The lowest BCUT2D eigenvalue weighted by atomic mass is 10.1. The Morgan fingerprint density at radius 2 is 1.76 bits per heavy atom. The van der Waals surface area contributed by atoms with Gasteiger partial charge in [0.2, 0.25) is 5.91 Å². The number of nitrogens with zero attached hydrogens (tertiary/aromatic N) is 3. The van der Waals surface area contributed by atoms with Crippen LogP contribution in [0.15, 0.2) is 54.6 Å². The van der Waals surface area contributed by atoms with Gasteiger partial charge in [0.1, 0.15) is 11.3 Å². The monoisotopic (exact) mass is 533 g/mol. The zero-order valence-electron chi connectivity index (χ0n) is 20.3. The molecule has 1 fully saturated rings. The summed E-state index contributed by atoms with van der Waals surface area (Å²) < 4.78 is 5.53. The van der Waals surface area contributed by atoms with E-state index in [4.69, 9.17) is 16.3 Å². The number of ether oxygens (including phenoxy) is 1. The lowest BCUT2D eigenvalue weighted by molar-refractivity contribution is -0.385. The fourth-order valence-corrected chi connectivity index (χ4v) is 4.94. The first kappa shape index (κ1) is 25.1. The minimum Gasteiger partial charge on any atom is -0.426 e. The molecule has 0 aromatic heterocycles. The van der Waals surface area contributed by atoms with E-state index in [2.05, 4.69) is 0 Å². The van der Waals surface area contributed by atoms with Gasteiger partial charge in [-0.1, -0.05) is 23.7 Å². The van der Waals surface area contributed by atoms with E-state index in [1.807, 2.05) is 0 Å². The number of fused-ring (bicyclic) bond motifs is 1. The predicted molar refractivity (Wildman–Crippen MR) is 138 cm³/mol. The summed E-state index contributed by atoms with van der Waals surface area (Å²) in [6, 6.07) is 13.5. The Balaban J connectivity index is 1.33. The first-order valence-electron chi connectivity index (χ1n) is 11.6. The molecule has 3 aromatic carbocycles. The summed E-state index contributed by atoms with van der Waals surface area (Å²) in [7, 11) is 0. The van der Waals surface area contributed by atoms with Crippen LogP contribution in [0, 0.1) is 29.9 Å². The molecule has 2 aliphatic heterocycles. The van der Waals surface area contributed by atoms with E-state index in [0.717, 1.165) is 10.5 Å². The predicted octanol–water partition coefficient (Wildman–Crippen LogP) is 4.62. The molecular weight excluding hydrogens is 514 g/mol. The van der Waals surface area contributed by atoms with Crippen molar-refractivity contribution in [3.8, 4) is 5.75 Å². The van der Waals surface area contributed by atoms with Crippen molar-refractivity contribution in [1.82, 2.24) is 0 Å². The quantitative estimate of drug-likeness (QED) is 0.154. The van der Waals surface area contributed by atoms with Crippen molar-refractivity contribution < 1.29 is 28.8 Å². The van der Waals surface area contributed by atoms with E-state index in [1.165, 1.54) is 41.3 Å². The van der Waals surface area contributed by atoms with Crippen LogP contribution in [0.1, 0.15) is 38.3 Å². The molecular formula is C27H20ClN3O7. The summed E-state index contributed by atoms with van der Waals surface area (Å²) in [5.41, 5.74) is 1.27. The minimum absolute atomic E-state index is 0.0182. The molecule has 0 unspecified atom stereocenters. The minimum atomic E-state index is -0.800. The van der Waals surface area contributed by atoms with Crippen LogP contribution < -0.4 is 14.5 Å². The molecule has 0 aliphatic carbocycles. The van der Waals surface area contributed by atoms with Gasteiger partial charge in [-0.05, 0) is 61.4 Å². The average molecular weight is 534 g/mol. The second kappa shape index (κ2) is 9.38. The normalized spacial score (nSPS) is 16.7. The van der Waals surface area contributed by atoms with Crippen LogP contribution in [-0.4, -0.2) is 35.2 Å². The van der Waals surface area contributed by atoms with E-state index < -0.39 is 34.3 Å². The lowest BCUT2D eigenvalue weighted by Crippen LogP contribution is -2.30. The Kier molecular flexibility index (Phi) is 6.20. The average Bonchev–Trinajstić information content (AvgIpc) is 3.38. The van der Waals surface area contributed by atoms with Crippen LogP contribution >= 0.6 is 11.6 Å². The second-order valence-corrected chi connectivity index (χ2v) is 9.47. The number of hydrogen-bond donors (Lipinski definition) is 0. The number of rotatable bonds is 5. The maximum atomic E-state index is 13.0. The first-order chi connectivity index (χ1) is 18.1. The molecule has 2 heterocycles. The SMILES string of the molecule is Cc1cc(OC(=O)[C@H]2CC(=O)N(c3cccc(Cl)c3C)C2)ccc1N1C(=O)c2cccc([N+](=O)[O-])c2C1=O. The topological polar surface area (TPSA) is 127 Å². The van der Waals surface area contributed by atoms with Crippen LogP contribution in [0.4, 0.5) is 17.1 Å². The first-order valence-corrected chi connectivity index (χ1v) is 12.0. The number of aryl methyl sites for hydroxylation is 1. The zero-order chi connectivity index (χ0) is 27.3. The molecule has 1 saturated heterocycles. The van der Waals surface area contributed by atoms with Crippen molar-refractivity contribution in [3.63, 3.8) is 0 Å². The number of anilines is 2. The van der Waals surface area contributed by atoms with Gasteiger partial charge in [0, 0.05) is 29.7 Å². The number of halogens is 1. The number of imide groups is 1. The van der Waals surface area contributed by atoms with Crippen molar-refractivity contribution in [3.05, 3.63) is 92.0 Å². The third kappa shape index (κ3) is 4.08. The number of benzene rings is 3. The molecule has 192 valence electrons. The van der Waals surface area contributed by atoms with Crippen LogP contribution in [0.3, 0.4) is 0 Å². The summed E-state index contributed by atoms with van der Waals surface area (Å²) in [6.07, 6.45) is -0.0182. The second-order valence-electron chi connectivity index (χ2n) is 9.06. The highest BCUT2D eigenvalue weighted by Crippen LogP contribution is 2.37. The number of hydrogen-bond acceptors (Lipinski definition) is 7. The molecule has 38 heavy (non-hydrogen) atoms. The maximum absolute atomic E-state index is 13.0. The summed E-state index contributed by atoms with van der Waals surface area (Å²) in [4.78, 5) is 64.6. The molecule has 1 atom stereocenters. The molecule has 0 saturated carbocycles. The van der Waals surface area contributed by atoms with Gasteiger partial charge in [0.25, 0.3) is 17.5 Å². The zero-order valence-corrected chi connectivity index (χ0v) is 21.0. The van der Waals surface area contributed by atoms with E-state index in [1.54, 1.807) is 32.0 Å². The Hall–Kier alpha value is -4.57. The Bertz CT molecular complexity index is 1570. The molecule has 2 aliphatic rings. The van der Waals surface area contributed by atoms with Crippen LogP contribution in [0.25, 0.3) is 0 Å². The fraction of sp³-hybridized carbons (Fsp3) is 0.185. The number of nitro benzene ring substituents is 1. The largest absolute Gasteiger partial charge is 0.426 e. The molecule has 3 aromatic rings. The highest BCUT2D eigenvalue weighted by atomic mass is 35.5. The van der Waals surface area contributed by atoms with Crippen molar-refractivity contribution in [2.45, 2.75) is 20.3 Å². The molecule has 0 radical (unpaired) electrons. The molecule has 0 bridgehead atoms. The van der Waals surface area contributed by atoms with Gasteiger partial charge in [0.15, 0.2) is 0 Å². The molecule has 0 N–H and O–H groups in total. The van der Waals surface area contributed by atoms with Crippen molar-refractivity contribution >= 4 is 52.4 Å².